The summed E-state index contributed by atoms with van der Waals surface area (Å²) in [6.07, 6.45) is 0.733. The first-order valence-corrected chi connectivity index (χ1v) is 6.46. The predicted octanol–water partition coefficient (Wildman–Crippen LogP) is 2.61. The number of β-amino-alcohol motifs (C(OH)–C–C–N with tert-alkyl or cyclic N) is 1. The minimum absolute atomic E-state index is 0.0547. The molecule has 0 aromatic heterocycles. The molecule has 1 atom stereocenters. The molecular formula is C13H16BrNO2. The highest BCUT2D eigenvalue weighted by Gasteiger charge is 2.32. The summed E-state index contributed by atoms with van der Waals surface area (Å²) in [5.41, 5.74) is 0.965. The van der Waals surface area contributed by atoms with Crippen molar-refractivity contribution in [3.8, 4) is 0 Å². The van der Waals surface area contributed by atoms with Crippen molar-refractivity contribution in [1.82, 2.24) is 0 Å². The molecule has 0 amide bonds. The van der Waals surface area contributed by atoms with Gasteiger partial charge in [-0.15, -0.1) is 0 Å². The number of anilines is 1. The third-order valence-corrected chi connectivity index (χ3v) is 3.62. The first kappa shape index (κ1) is 12.6. The molecule has 0 radical (unpaired) electrons. The van der Waals surface area contributed by atoms with Gasteiger partial charge >= 0.3 is 0 Å². The maximum Gasteiger partial charge on any atom is 0.161 e. The molecule has 1 aliphatic heterocycles. The van der Waals surface area contributed by atoms with Crippen molar-refractivity contribution in [3.05, 3.63) is 28.2 Å². The topological polar surface area (TPSA) is 40.5 Å². The summed E-state index contributed by atoms with van der Waals surface area (Å²) < 4.78 is 0.948. The van der Waals surface area contributed by atoms with Gasteiger partial charge in [-0.05, 0) is 38.5 Å². The number of carbonyl (C=O) groups excluding carboxylic acids is 1. The summed E-state index contributed by atoms with van der Waals surface area (Å²) in [5, 5.41) is 9.99. The molecule has 1 N–H and O–H groups in total. The van der Waals surface area contributed by atoms with Gasteiger partial charge < -0.3 is 10.0 Å². The Balaban J connectivity index is 2.38. The van der Waals surface area contributed by atoms with Crippen LogP contribution in [0.2, 0.25) is 0 Å². The number of ketones is 1. The zero-order valence-electron chi connectivity index (χ0n) is 10.0. The molecule has 3 nitrogen and oxygen atoms in total. The molecular weight excluding hydrogens is 282 g/mol. The van der Waals surface area contributed by atoms with Gasteiger partial charge in [-0.3, -0.25) is 4.79 Å². The van der Waals surface area contributed by atoms with E-state index in [4.69, 9.17) is 0 Å². The lowest BCUT2D eigenvalue weighted by molar-refractivity contribution is 0.0838. The van der Waals surface area contributed by atoms with E-state index < -0.39 is 5.60 Å². The summed E-state index contributed by atoms with van der Waals surface area (Å²) in [5.74, 6) is 0.0547. The molecule has 1 heterocycles. The minimum atomic E-state index is -0.656. The summed E-state index contributed by atoms with van der Waals surface area (Å²) in [6.45, 7) is 4.76. The van der Waals surface area contributed by atoms with Gasteiger partial charge in [-0.1, -0.05) is 15.9 Å². The number of rotatable bonds is 2. The Morgan fingerprint density at radius 1 is 1.53 bits per heavy atom. The second kappa shape index (κ2) is 4.42. The van der Waals surface area contributed by atoms with Gasteiger partial charge in [0.2, 0.25) is 0 Å². The van der Waals surface area contributed by atoms with Crippen LogP contribution in [0.15, 0.2) is 22.7 Å². The van der Waals surface area contributed by atoms with Crippen LogP contribution in [0.5, 0.6) is 0 Å². The Morgan fingerprint density at radius 3 is 2.76 bits per heavy atom. The van der Waals surface area contributed by atoms with Crippen LogP contribution in [0, 0.1) is 0 Å². The van der Waals surface area contributed by atoms with E-state index in [9.17, 15) is 9.90 Å². The van der Waals surface area contributed by atoms with Crippen molar-refractivity contribution in [2.45, 2.75) is 25.9 Å². The molecule has 2 rings (SSSR count). The maximum atomic E-state index is 11.6. The largest absolute Gasteiger partial charge is 0.388 e. The van der Waals surface area contributed by atoms with E-state index in [0.29, 0.717) is 12.1 Å². The highest BCUT2D eigenvalue weighted by atomic mass is 79.9. The monoisotopic (exact) mass is 297 g/mol. The number of Topliss-reactive ketones (excluding diaryl/α,β-unsaturated/α-hetero) is 1. The molecule has 1 saturated heterocycles. The molecule has 1 unspecified atom stereocenters. The van der Waals surface area contributed by atoms with Crippen molar-refractivity contribution in [3.63, 3.8) is 0 Å². The van der Waals surface area contributed by atoms with E-state index in [-0.39, 0.29) is 5.78 Å². The van der Waals surface area contributed by atoms with Gasteiger partial charge in [0.05, 0.1) is 5.60 Å². The molecule has 0 spiro atoms. The second-order valence-corrected chi connectivity index (χ2v) is 5.80. The highest BCUT2D eigenvalue weighted by molar-refractivity contribution is 9.10. The Morgan fingerprint density at radius 2 is 2.24 bits per heavy atom. The van der Waals surface area contributed by atoms with Crippen LogP contribution in [0.3, 0.4) is 0 Å². The van der Waals surface area contributed by atoms with Gasteiger partial charge in [0, 0.05) is 28.8 Å². The number of aliphatic hydroxyl groups is 1. The average molecular weight is 298 g/mol. The molecule has 0 aliphatic carbocycles. The van der Waals surface area contributed by atoms with E-state index in [1.165, 1.54) is 0 Å². The smallest absolute Gasteiger partial charge is 0.161 e. The summed E-state index contributed by atoms with van der Waals surface area (Å²) in [4.78, 5) is 13.7. The Kier molecular flexibility index (Phi) is 3.27. The Bertz CT molecular complexity index is 457. The minimum Gasteiger partial charge on any atom is -0.388 e. The molecule has 1 aromatic carbocycles. The quantitative estimate of drug-likeness (QED) is 0.853. The normalized spacial score (nSPS) is 24.1. The van der Waals surface area contributed by atoms with Crippen LogP contribution in [-0.2, 0) is 0 Å². The number of carbonyl (C=O) groups is 1. The number of nitrogens with zero attached hydrogens (tertiary/aromatic N) is 1. The third-order valence-electron chi connectivity index (χ3n) is 3.13. The van der Waals surface area contributed by atoms with Crippen molar-refractivity contribution in [2.75, 3.05) is 18.0 Å². The van der Waals surface area contributed by atoms with Gasteiger partial charge in [0.15, 0.2) is 5.78 Å². The fraction of sp³-hybridized carbons (Fsp3) is 0.462. The molecule has 4 heteroatoms. The SMILES string of the molecule is CC(=O)c1ccc(Br)cc1N1CCC(C)(O)C1. The molecule has 1 fully saturated rings. The Hall–Kier alpha value is -0.870. The van der Waals surface area contributed by atoms with Gasteiger partial charge in [-0.2, -0.15) is 0 Å². The summed E-state index contributed by atoms with van der Waals surface area (Å²) in [6, 6.07) is 5.64. The fourth-order valence-electron chi connectivity index (χ4n) is 2.21. The predicted molar refractivity (Wildman–Crippen MR) is 71.6 cm³/mol. The van der Waals surface area contributed by atoms with E-state index in [1.54, 1.807) is 6.92 Å². The van der Waals surface area contributed by atoms with E-state index in [2.05, 4.69) is 20.8 Å². The van der Waals surface area contributed by atoms with E-state index in [0.717, 1.165) is 23.1 Å². The summed E-state index contributed by atoms with van der Waals surface area (Å²) >= 11 is 3.42. The van der Waals surface area contributed by atoms with Crippen LogP contribution in [-0.4, -0.2) is 29.6 Å². The zero-order valence-corrected chi connectivity index (χ0v) is 11.6. The second-order valence-electron chi connectivity index (χ2n) is 4.89. The molecule has 92 valence electrons. The lowest BCUT2D eigenvalue weighted by Crippen LogP contribution is -2.30. The van der Waals surface area contributed by atoms with Crippen LogP contribution in [0.4, 0.5) is 5.69 Å². The molecule has 1 aromatic rings. The number of benzene rings is 1. The third kappa shape index (κ3) is 2.69. The molecule has 0 bridgehead atoms. The average Bonchev–Trinajstić information content (AvgIpc) is 2.58. The fourth-order valence-corrected chi connectivity index (χ4v) is 2.56. The first-order chi connectivity index (χ1) is 7.89. The van der Waals surface area contributed by atoms with Crippen LogP contribution < -0.4 is 4.90 Å². The highest BCUT2D eigenvalue weighted by Crippen LogP contribution is 2.31. The maximum absolute atomic E-state index is 11.6. The Labute approximate surface area is 110 Å². The molecule has 17 heavy (non-hydrogen) atoms. The lowest BCUT2D eigenvalue weighted by atomic mass is 10.1. The van der Waals surface area contributed by atoms with Gasteiger partial charge in [-0.25, -0.2) is 0 Å². The number of hydrogen-bond acceptors (Lipinski definition) is 3. The summed E-state index contributed by atoms with van der Waals surface area (Å²) in [7, 11) is 0. The van der Waals surface area contributed by atoms with Crippen LogP contribution >= 0.6 is 15.9 Å². The first-order valence-electron chi connectivity index (χ1n) is 5.67. The number of halogens is 1. The zero-order chi connectivity index (χ0) is 12.6. The van der Waals surface area contributed by atoms with Gasteiger partial charge in [0.25, 0.3) is 0 Å². The molecule has 0 saturated carbocycles. The van der Waals surface area contributed by atoms with Crippen molar-refractivity contribution in [2.24, 2.45) is 0 Å². The van der Waals surface area contributed by atoms with Crippen LogP contribution in [0.1, 0.15) is 30.6 Å². The van der Waals surface area contributed by atoms with Gasteiger partial charge in [0.1, 0.15) is 0 Å². The van der Waals surface area contributed by atoms with Crippen molar-refractivity contribution >= 4 is 27.4 Å². The number of hydrogen-bond donors (Lipinski definition) is 1. The van der Waals surface area contributed by atoms with E-state index >= 15 is 0 Å². The lowest BCUT2D eigenvalue weighted by Gasteiger charge is -2.23. The van der Waals surface area contributed by atoms with Crippen molar-refractivity contribution in [1.29, 1.82) is 0 Å². The van der Waals surface area contributed by atoms with Crippen molar-refractivity contribution < 1.29 is 9.90 Å². The van der Waals surface area contributed by atoms with Crippen LogP contribution in [0.25, 0.3) is 0 Å². The van der Waals surface area contributed by atoms with E-state index in [1.807, 2.05) is 25.1 Å². The molecule has 1 aliphatic rings. The standard InChI is InChI=1S/C13H16BrNO2/c1-9(16)11-4-3-10(14)7-12(11)15-6-5-13(2,17)8-15/h3-4,7,17H,5-6,8H2,1-2H3.